The van der Waals surface area contributed by atoms with E-state index in [1.165, 1.54) is 13.2 Å². The molecule has 0 unspecified atom stereocenters. The summed E-state index contributed by atoms with van der Waals surface area (Å²) in [5, 5.41) is 0. The number of halogens is 1. The molecule has 0 saturated heterocycles. The van der Waals surface area contributed by atoms with Crippen LogP contribution in [0.2, 0.25) is 0 Å². The standard InChI is InChI=1S/C17H27BrN2O5S/c1-6-20(16(21)25-17(2,3)4)11-7-10-19-26(22,23)15-12-13(18)8-9-14(15)24-5/h8-9,12,19H,6-7,10-11H2,1-5H3. The first-order valence-corrected chi connectivity index (χ1v) is 10.6. The average Bonchev–Trinajstić information content (AvgIpc) is 2.53. The molecule has 0 spiro atoms. The Balaban J connectivity index is 2.64. The van der Waals surface area contributed by atoms with Crippen molar-refractivity contribution in [2.24, 2.45) is 0 Å². The lowest BCUT2D eigenvalue weighted by molar-refractivity contribution is 0.0259. The molecule has 0 aliphatic heterocycles. The average molecular weight is 451 g/mol. The third kappa shape index (κ3) is 7.13. The summed E-state index contributed by atoms with van der Waals surface area (Å²) >= 11 is 3.26. The maximum atomic E-state index is 12.5. The number of amides is 1. The van der Waals surface area contributed by atoms with E-state index in [1.54, 1.807) is 37.8 Å². The maximum absolute atomic E-state index is 12.5. The van der Waals surface area contributed by atoms with Crippen molar-refractivity contribution in [3.05, 3.63) is 22.7 Å². The van der Waals surface area contributed by atoms with Gasteiger partial charge in [-0.3, -0.25) is 0 Å². The normalized spacial score (nSPS) is 11.9. The van der Waals surface area contributed by atoms with E-state index in [9.17, 15) is 13.2 Å². The van der Waals surface area contributed by atoms with Crippen molar-refractivity contribution in [2.45, 2.75) is 44.6 Å². The van der Waals surface area contributed by atoms with Crippen molar-refractivity contribution < 1.29 is 22.7 Å². The van der Waals surface area contributed by atoms with Gasteiger partial charge in [-0.25, -0.2) is 17.9 Å². The number of ether oxygens (including phenoxy) is 2. The molecule has 148 valence electrons. The minimum atomic E-state index is -3.72. The smallest absolute Gasteiger partial charge is 0.410 e. The van der Waals surface area contributed by atoms with Crippen LogP contribution in [-0.4, -0.2) is 51.8 Å². The lowest BCUT2D eigenvalue weighted by Crippen LogP contribution is -2.38. The number of carbonyl (C=O) groups excluding carboxylic acids is 1. The van der Waals surface area contributed by atoms with Crippen molar-refractivity contribution in [2.75, 3.05) is 26.7 Å². The summed E-state index contributed by atoms with van der Waals surface area (Å²) < 4.78 is 38.6. The Bertz CT molecular complexity index is 716. The fraction of sp³-hybridized carbons (Fsp3) is 0.588. The van der Waals surface area contributed by atoms with Crippen molar-refractivity contribution in [3.63, 3.8) is 0 Å². The van der Waals surface area contributed by atoms with Gasteiger partial charge in [-0.1, -0.05) is 15.9 Å². The summed E-state index contributed by atoms with van der Waals surface area (Å²) in [6.07, 6.45) is 0.0549. The van der Waals surface area contributed by atoms with Gasteiger partial charge in [0.1, 0.15) is 16.2 Å². The van der Waals surface area contributed by atoms with Gasteiger partial charge in [-0.2, -0.15) is 0 Å². The second-order valence-corrected chi connectivity index (χ2v) is 9.26. The van der Waals surface area contributed by atoms with Gasteiger partial charge in [0.25, 0.3) is 0 Å². The summed E-state index contributed by atoms with van der Waals surface area (Å²) in [6, 6.07) is 4.78. The Morgan fingerprint density at radius 3 is 2.50 bits per heavy atom. The molecule has 0 atom stereocenters. The fourth-order valence-corrected chi connectivity index (χ4v) is 3.90. The fourth-order valence-electron chi connectivity index (χ4n) is 2.12. The molecule has 0 radical (unpaired) electrons. The molecule has 0 heterocycles. The van der Waals surface area contributed by atoms with Crippen LogP contribution in [0, 0.1) is 0 Å². The van der Waals surface area contributed by atoms with Crippen LogP contribution < -0.4 is 9.46 Å². The largest absolute Gasteiger partial charge is 0.495 e. The topological polar surface area (TPSA) is 84.9 Å². The van der Waals surface area contributed by atoms with Gasteiger partial charge in [0.05, 0.1) is 7.11 Å². The minimum Gasteiger partial charge on any atom is -0.495 e. The zero-order valence-electron chi connectivity index (χ0n) is 15.8. The van der Waals surface area contributed by atoms with Crippen molar-refractivity contribution >= 4 is 32.0 Å². The lowest BCUT2D eigenvalue weighted by Gasteiger charge is -2.26. The van der Waals surface area contributed by atoms with Crippen LogP contribution in [0.3, 0.4) is 0 Å². The zero-order valence-corrected chi connectivity index (χ0v) is 18.2. The van der Waals surface area contributed by atoms with E-state index in [2.05, 4.69) is 20.7 Å². The van der Waals surface area contributed by atoms with Gasteiger partial charge < -0.3 is 14.4 Å². The molecule has 1 aromatic rings. The number of hydrogen-bond donors (Lipinski definition) is 1. The van der Waals surface area contributed by atoms with Gasteiger partial charge in [-0.05, 0) is 52.3 Å². The van der Waals surface area contributed by atoms with Crippen LogP contribution >= 0.6 is 15.9 Å². The van der Waals surface area contributed by atoms with E-state index in [0.29, 0.717) is 24.0 Å². The van der Waals surface area contributed by atoms with Gasteiger partial charge in [0.15, 0.2) is 0 Å². The number of nitrogens with one attached hydrogen (secondary N) is 1. The van der Waals surface area contributed by atoms with Crippen LogP contribution in [0.1, 0.15) is 34.1 Å². The number of hydrogen-bond acceptors (Lipinski definition) is 5. The number of nitrogens with zero attached hydrogens (tertiary/aromatic N) is 1. The monoisotopic (exact) mass is 450 g/mol. The number of carbonyl (C=O) groups is 1. The predicted molar refractivity (Wildman–Crippen MR) is 104 cm³/mol. The summed E-state index contributed by atoms with van der Waals surface area (Å²) in [5.74, 6) is 0.268. The number of sulfonamides is 1. The van der Waals surface area contributed by atoms with Crippen LogP contribution in [0.4, 0.5) is 4.79 Å². The number of benzene rings is 1. The highest BCUT2D eigenvalue weighted by molar-refractivity contribution is 9.10. The molecule has 9 heteroatoms. The van der Waals surface area contributed by atoms with E-state index >= 15 is 0 Å². The molecule has 0 aromatic heterocycles. The van der Waals surface area contributed by atoms with Gasteiger partial charge in [-0.15, -0.1) is 0 Å². The highest BCUT2D eigenvalue weighted by atomic mass is 79.9. The molecular formula is C17H27BrN2O5S. The van der Waals surface area contributed by atoms with E-state index in [-0.39, 0.29) is 17.2 Å². The molecule has 1 aromatic carbocycles. The molecule has 0 saturated carbocycles. The van der Waals surface area contributed by atoms with Crippen molar-refractivity contribution in [1.29, 1.82) is 0 Å². The third-order valence-corrected chi connectivity index (χ3v) is 5.32. The summed E-state index contributed by atoms with van der Waals surface area (Å²) in [7, 11) is -2.30. The quantitative estimate of drug-likeness (QED) is 0.613. The van der Waals surface area contributed by atoms with Gasteiger partial charge in [0.2, 0.25) is 10.0 Å². The van der Waals surface area contributed by atoms with E-state index in [4.69, 9.17) is 9.47 Å². The second-order valence-electron chi connectivity index (χ2n) is 6.61. The SMILES string of the molecule is CCN(CCCNS(=O)(=O)c1cc(Br)ccc1OC)C(=O)OC(C)(C)C. The van der Waals surface area contributed by atoms with E-state index in [0.717, 1.165) is 0 Å². The number of methoxy groups -OCH3 is 1. The molecule has 0 fully saturated rings. The molecular weight excluding hydrogens is 424 g/mol. The zero-order chi connectivity index (χ0) is 20.0. The molecule has 7 nitrogen and oxygen atoms in total. The van der Waals surface area contributed by atoms with Crippen LogP contribution in [0.5, 0.6) is 5.75 Å². The Kier molecular flexibility index (Phi) is 8.36. The highest BCUT2D eigenvalue weighted by Gasteiger charge is 2.22. The summed E-state index contributed by atoms with van der Waals surface area (Å²) in [4.78, 5) is 13.7. The Labute approximate surface area is 164 Å². The molecule has 0 aliphatic carbocycles. The van der Waals surface area contributed by atoms with Crippen LogP contribution in [0.15, 0.2) is 27.6 Å². The molecule has 0 bridgehead atoms. The highest BCUT2D eigenvalue weighted by Crippen LogP contribution is 2.27. The van der Waals surface area contributed by atoms with Gasteiger partial charge >= 0.3 is 6.09 Å². The predicted octanol–water partition coefficient (Wildman–Crippen LogP) is 3.38. The van der Waals surface area contributed by atoms with E-state index in [1.807, 2.05) is 6.92 Å². The first-order chi connectivity index (χ1) is 12.0. The maximum Gasteiger partial charge on any atom is 0.410 e. The van der Waals surface area contributed by atoms with E-state index < -0.39 is 21.7 Å². The van der Waals surface area contributed by atoms with Crippen molar-refractivity contribution in [1.82, 2.24) is 9.62 Å². The lowest BCUT2D eigenvalue weighted by atomic mass is 10.2. The molecule has 26 heavy (non-hydrogen) atoms. The first kappa shape index (κ1) is 22.7. The summed E-state index contributed by atoms with van der Waals surface area (Å²) in [5.41, 5.74) is -0.566. The molecule has 1 amide bonds. The Hall–Kier alpha value is -1.32. The summed E-state index contributed by atoms with van der Waals surface area (Å²) in [6.45, 7) is 8.33. The second kappa shape index (κ2) is 9.57. The van der Waals surface area contributed by atoms with Crippen molar-refractivity contribution in [3.8, 4) is 5.75 Å². The van der Waals surface area contributed by atoms with Gasteiger partial charge in [0, 0.05) is 24.1 Å². The molecule has 1 rings (SSSR count). The van der Waals surface area contributed by atoms with Crippen LogP contribution in [-0.2, 0) is 14.8 Å². The Morgan fingerprint density at radius 2 is 1.96 bits per heavy atom. The minimum absolute atomic E-state index is 0.0638. The number of rotatable bonds is 8. The first-order valence-electron chi connectivity index (χ1n) is 8.31. The third-order valence-electron chi connectivity index (χ3n) is 3.35. The van der Waals surface area contributed by atoms with Crippen LogP contribution in [0.25, 0.3) is 0 Å². The molecule has 1 N–H and O–H groups in total. The Morgan fingerprint density at radius 1 is 1.31 bits per heavy atom. The molecule has 0 aliphatic rings.